The standard InChI is InChI=1S/C18H16N2O3/c21-17-13-6-2-1-5-12(13)15(18(22)23)16(20(17)11-8-9-11)14-7-3-4-10-19-14/h1-7,10-11,15-16H,8-9H2,(H,22,23). The molecule has 2 aliphatic rings. The summed E-state index contributed by atoms with van der Waals surface area (Å²) in [6, 6.07) is 12.0. The van der Waals surface area contributed by atoms with E-state index in [0.717, 1.165) is 12.8 Å². The van der Waals surface area contributed by atoms with E-state index in [1.54, 1.807) is 47.5 Å². The molecule has 0 spiro atoms. The van der Waals surface area contributed by atoms with Crippen molar-refractivity contribution in [2.75, 3.05) is 0 Å². The van der Waals surface area contributed by atoms with Crippen LogP contribution in [0.15, 0.2) is 48.7 Å². The number of fused-ring (bicyclic) bond motifs is 1. The molecular weight excluding hydrogens is 292 g/mol. The van der Waals surface area contributed by atoms with Crippen LogP contribution in [0.5, 0.6) is 0 Å². The fraction of sp³-hybridized carbons (Fsp3) is 0.278. The second kappa shape index (κ2) is 5.19. The van der Waals surface area contributed by atoms with Crippen LogP contribution in [0.4, 0.5) is 0 Å². The van der Waals surface area contributed by atoms with Crippen LogP contribution in [0, 0.1) is 0 Å². The smallest absolute Gasteiger partial charge is 0.313 e. The number of benzene rings is 1. The first-order valence-corrected chi connectivity index (χ1v) is 7.74. The second-order valence-electron chi connectivity index (χ2n) is 6.05. The molecule has 0 saturated heterocycles. The SMILES string of the molecule is O=C(O)C1c2ccccc2C(=O)N(C2CC2)C1c1ccccn1. The number of carboxylic acid groups (broad SMARTS) is 1. The normalized spacial score (nSPS) is 23.5. The molecule has 1 aliphatic heterocycles. The number of rotatable bonds is 3. The number of hydrogen-bond acceptors (Lipinski definition) is 3. The summed E-state index contributed by atoms with van der Waals surface area (Å²) in [5.41, 5.74) is 1.71. The van der Waals surface area contributed by atoms with E-state index in [1.165, 1.54) is 0 Å². The minimum absolute atomic E-state index is 0.0868. The van der Waals surface area contributed by atoms with Crippen LogP contribution in [0.3, 0.4) is 0 Å². The van der Waals surface area contributed by atoms with Gasteiger partial charge in [0.15, 0.2) is 0 Å². The third kappa shape index (κ3) is 2.20. The van der Waals surface area contributed by atoms with E-state index in [0.29, 0.717) is 16.8 Å². The van der Waals surface area contributed by atoms with Gasteiger partial charge in [0.05, 0.1) is 11.7 Å². The molecule has 2 unspecified atom stereocenters. The molecule has 116 valence electrons. The minimum atomic E-state index is -0.925. The first-order valence-electron chi connectivity index (χ1n) is 7.74. The van der Waals surface area contributed by atoms with E-state index < -0.39 is 17.9 Å². The van der Waals surface area contributed by atoms with Crippen molar-refractivity contribution in [3.05, 3.63) is 65.5 Å². The van der Waals surface area contributed by atoms with Crippen molar-refractivity contribution in [3.8, 4) is 0 Å². The highest BCUT2D eigenvalue weighted by molar-refractivity contribution is 6.00. The molecular formula is C18H16N2O3. The van der Waals surface area contributed by atoms with E-state index in [4.69, 9.17) is 0 Å². The highest BCUT2D eigenvalue weighted by Crippen LogP contribution is 2.46. The van der Waals surface area contributed by atoms with Crippen LogP contribution in [0.1, 0.15) is 46.4 Å². The Labute approximate surface area is 133 Å². The van der Waals surface area contributed by atoms with Gasteiger partial charge < -0.3 is 10.0 Å². The fourth-order valence-electron chi connectivity index (χ4n) is 3.44. The zero-order valence-electron chi connectivity index (χ0n) is 12.4. The molecule has 1 aromatic carbocycles. The lowest BCUT2D eigenvalue weighted by Gasteiger charge is -2.40. The molecule has 1 N–H and O–H groups in total. The van der Waals surface area contributed by atoms with Crippen molar-refractivity contribution in [2.45, 2.75) is 30.8 Å². The highest BCUT2D eigenvalue weighted by Gasteiger charge is 2.49. The van der Waals surface area contributed by atoms with Crippen molar-refractivity contribution in [1.82, 2.24) is 9.88 Å². The summed E-state index contributed by atoms with van der Waals surface area (Å²) < 4.78 is 0. The first kappa shape index (κ1) is 13.9. The van der Waals surface area contributed by atoms with Gasteiger partial charge in [-0.15, -0.1) is 0 Å². The van der Waals surface area contributed by atoms with Crippen molar-refractivity contribution >= 4 is 11.9 Å². The highest BCUT2D eigenvalue weighted by atomic mass is 16.4. The van der Waals surface area contributed by atoms with Crippen LogP contribution in [-0.2, 0) is 4.79 Å². The van der Waals surface area contributed by atoms with Crippen LogP contribution >= 0.6 is 0 Å². The van der Waals surface area contributed by atoms with Crippen molar-refractivity contribution in [1.29, 1.82) is 0 Å². The first-order chi connectivity index (χ1) is 11.2. The number of carboxylic acids is 1. The molecule has 1 amide bonds. The monoisotopic (exact) mass is 308 g/mol. The summed E-state index contributed by atoms with van der Waals surface area (Å²) in [6.07, 6.45) is 3.48. The summed E-state index contributed by atoms with van der Waals surface area (Å²) in [5, 5.41) is 9.86. The van der Waals surface area contributed by atoms with Crippen LogP contribution in [0.25, 0.3) is 0 Å². The van der Waals surface area contributed by atoms with Gasteiger partial charge in [-0.25, -0.2) is 0 Å². The largest absolute Gasteiger partial charge is 0.481 e. The van der Waals surface area contributed by atoms with Crippen molar-refractivity contribution in [2.24, 2.45) is 0 Å². The number of hydrogen-bond donors (Lipinski definition) is 1. The predicted octanol–water partition coefficient (Wildman–Crippen LogP) is 2.61. The molecule has 1 aliphatic carbocycles. The van der Waals surface area contributed by atoms with Gasteiger partial charge in [-0.1, -0.05) is 24.3 Å². The maximum Gasteiger partial charge on any atom is 0.313 e. The topological polar surface area (TPSA) is 70.5 Å². The average molecular weight is 308 g/mol. The lowest BCUT2D eigenvalue weighted by atomic mass is 9.81. The Balaban J connectivity index is 1.93. The maximum absolute atomic E-state index is 13.0. The summed E-state index contributed by atoms with van der Waals surface area (Å²) in [4.78, 5) is 31.1. The van der Waals surface area contributed by atoms with Gasteiger partial charge in [-0.3, -0.25) is 14.6 Å². The summed E-state index contributed by atoms with van der Waals surface area (Å²) >= 11 is 0. The molecule has 2 aromatic rings. The molecule has 5 heteroatoms. The zero-order valence-corrected chi connectivity index (χ0v) is 12.4. The van der Waals surface area contributed by atoms with Crippen molar-refractivity contribution < 1.29 is 14.7 Å². The maximum atomic E-state index is 13.0. The number of aromatic nitrogens is 1. The van der Waals surface area contributed by atoms with Gasteiger partial charge in [0.1, 0.15) is 5.92 Å². The molecule has 1 aromatic heterocycles. The van der Waals surface area contributed by atoms with Crippen LogP contribution < -0.4 is 0 Å². The van der Waals surface area contributed by atoms with Gasteiger partial charge in [0, 0.05) is 17.8 Å². The van der Waals surface area contributed by atoms with Gasteiger partial charge in [0.25, 0.3) is 5.91 Å². The van der Waals surface area contributed by atoms with E-state index in [-0.39, 0.29) is 11.9 Å². The van der Waals surface area contributed by atoms with Gasteiger partial charge in [0.2, 0.25) is 0 Å². The Morgan fingerprint density at radius 2 is 1.87 bits per heavy atom. The zero-order chi connectivity index (χ0) is 16.0. The average Bonchev–Trinajstić information content (AvgIpc) is 3.40. The Morgan fingerprint density at radius 1 is 1.13 bits per heavy atom. The second-order valence-corrected chi connectivity index (χ2v) is 6.05. The van der Waals surface area contributed by atoms with E-state index in [1.807, 2.05) is 6.07 Å². The quantitative estimate of drug-likeness (QED) is 0.946. The lowest BCUT2D eigenvalue weighted by molar-refractivity contribution is -0.140. The third-order valence-electron chi connectivity index (χ3n) is 4.57. The Kier molecular flexibility index (Phi) is 3.15. The van der Waals surface area contributed by atoms with E-state index >= 15 is 0 Å². The summed E-state index contributed by atoms with van der Waals surface area (Å²) in [7, 11) is 0. The molecule has 4 rings (SSSR count). The lowest BCUT2D eigenvalue weighted by Crippen LogP contribution is -2.46. The minimum Gasteiger partial charge on any atom is -0.481 e. The van der Waals surface area contributed by atoms with Gasteiger partial charge in [-0.05, 0) is 36.6 Å². The molecule has 2 atom stereocenters. The summed E-state index contributed by atoms with van der Waals surface area (Å²) in [6.45, 7) is 0. The molecule has 1 fully saturated rings. The molecule has 0 bridgehead atoms. The van der Waals surface area contributed by atoms with Crippen molar-refractivity contribution in [3.63, 3.8) is 0 Å². The van der Waals surface area contributed by atoms with Gasteiger partial charge in [-0.2, -0.15) is 0 Å². The Bertz CT molecular complexity index is 771. The number of amides is 1. The van der Waals surface area contributed by atoms with Crippen LogP contribution in [-0.4, -0.2) is 32.9 Å². The molecule has 0 radical (unpaired) electrons. The van der Waals surface area contributed by atoms with Gasteiger partial charge >= 0.3 is 5.97 Å². The molecule has 2 heterocycles. The fourth-order valence-corrected chi connectivity index (χ4v) is 3.44. The summed E-state index contributed by atoms with van der Waals surface area (Å²) in [5.74, 6) is -1.80. The third-order valence-corrected chi connectivity index (χ3v) is 4.57. The number of carbonyl (C=O) groups is 2. The van der Waals surface area contributed by atoms with E-state index in [2.05, 4.69) is 4.98 Å². The molecule has 5 nitrogen and oxygen atoms in total. The Morgan fingerprint density at radius 3 is 2.52 bits per heavy atom. The Hall–Kier alpha value is -2.69. The molecule has 23 heavy (non-hydrogen) atoms. The number of carbonyl (C=O) groups excluding carboxylic acids is 1. The number of nitrogens with zero attached hydrogens (tertiary/aromatic N) is 2. The number of aliphatic carboxylic acids is 1. The molecule has 1 saturated carbocycles. The van der Waals surface area contributed by atoms with Crippen LogP contribution in [0.2, 0.25) is 0 Å². The number of pyridine rings is 1. The van der Waals surface area contributed by atoms with E-state index in [9.17, 15) is 14.7 Å². The predicted molar refractivity (Wildman–Crippen MR) is 83.0 cm³/mol.